The Morgan fingerprint density at radius 2 is 1.09 bits per heavy atom. The fourth-order valence-electron chi connectivity index (χ4n) is 15.4. The number of ether oxygens (including phenoxy) is 1. The summed E-state index contributed by atoms with van der Waals surface area (Å²) in [6.45, 7) is 19.9. The highest BCUT2D eigenvalue weighted by atomic mass is 16.5. The molecule has 4 fully saturated rings. The van der Waals surface area contributed by atoms with Crippen molar-refractivity contribution in [2.75, 3.05) is 4.90 Å². The van der Waals surface area contributed by atoms with E-state index in [2.05, 4.69) is 163 Å². The Labute approximate surface area is 347 Å². The van der Waals surface area contributed by atoms with Crippen molar-refractivity contribution < 1.29 is 4.74 Å². The molecule has 0 amide bonds. The molecule has 7 aliphatic rings. The Bertz CT molecular complexity index is 2480. The summed E-state index contributed by atoms with van der Waals surface area (Å²) in [5.41, 5.74) is 16.2. The van der Waals surface area contributed by atoms with Crippen molar-refractivity contribution in [1.82, 2.24) is 0 Å². The highest BCUT2D eigenvalue weighted by molar-refractivity contribution is 5.89. The molecule has 58 heavy (non-hydrogen) atoms. The zero-order chi connectivity index (χ0) is 39.8. The summed E-state index contributed by atoms with van der Waals surface area (Å²) in [5.74, 6) is 5.34. The zero-order valence-electron chi connectivity index (χ0n) is 36.1. The van der Waals surface area contributed by atoms with Crippen LogP contribution in [0.4, 0.5) is 17.1 Å². The average molecular weight is 764 g/mol. The number of hydrogen-bond acceptors (Lipinski definition) is 2. The summed E-state index contributed by atoms with van der Waals surface area (Å²) in [6.07, 6.45) is 10.4. The first-order chi connectivity index (χ1) is 27.7. The molecule has 2 spiro atoms. The molecule has 0 saturated heterocycles. The van der Waals surface area contributed by atoms with Gasteiger partial charge in [0, 0.05) is 22.6 Å². The second kappa shape index (κ2) is 11.3. The Balaban J connectivity index is 1.18. The fraction of sp³-hybridized carbons (Fsp3) is 0.464. The minimum absolute atomic E-state index is 0.0137. The SMILES string of the molecule is CC1(C)CCC(C)(C)c2c(N(c3cc4c(c(-c5ccccc5)c3)C3(c5ccccc5O4)C4CC5CC6CC3C64C5)c3cccc4c3C(C)(C)CCC4(C)C)cccc21. The normalized spacial score (nSPS) is 31.4. The number of rotatable bonds is 4. The lowest BCUT2D eigenvalue weighted by atomic mass is 9.26. The van der Waals surface area contributed by atoms with Crippen LogP contribution in [0.3, 0.4) is 0 Å². The number of nitrogens with zero attached hydrogens (tertiary/aromatic N) is 1. The summed E-state index contributed by atoms with van der Waals surface area (Å²) in [4.78, 5) is 2.71. The van der Waals surface area contributed by atoms with Gasteiger partial charge in [0.25, 0.3) is 0 Å². The van der Waals surface area contributed by atoms with Crippen LogP contribution in [0.2, 0.25) is 0 Å². The summed E-state index contributed by atoms with van der Waals surface area (Å²) in [5, 5.41) is 0. The molecule has 6 unspecified atom stereocenters. The van der Waals surface area contributed by atoms with Crippen LogP contribution in [-0.2, 0) is 27.1 Å². The lowest BCUT2D eigenvalue weighted by molar-refractivity contribution is -0.234. The maximum Gasteiger partial charge on any atom is 0.134 e. The highest BCUT2D eigenvalue weighted by Crippen LogP contribution is 2.89. The third-order valence-electron chi connectivity index (χ3n) is 18.0. The summed E-state index contributed by atoms with van der Waals surface area (Å²) in [6, 6.07) is 40.2. The number of anilines is 3. The van der Waals surface area contributed by atoms with Gasteiger partial charge >= 0.3 is 0 Å². The molecule has 12 rings (SSSR count). The van der Waals surface area contributed by atoms with Crippen LogP contribution in [0, 0.1) is 29.1 Å². The van der Waals surface area contributed by atoms with Crippen LogP contribution in [0.5, 0.6) is 11.5 Å². The van der Waals surface area contributed by atoms with E-state index in [4.69, 9.17) is 4.74 Å². The largest absolute Gasteiger partial charge is 0.457 e. The Morgan fingerprint density at radius 1 is 0.517 bits per heavy atom. The average Bonchev–Trinajstić information content (AvgIpc) is 3.74. The molecule has 6 aliphatic carbocycles. The molecule has 0 aromatic heterocycles. The van der Waals surface area contributed by atoms with E-state index in [1.54, 1.807) is 0 Å². The number of hydrogen-bond donors (Lipinski definition) is 0. The summed E-state index contributed by atoms with van der Waals surface area (Å²) < 4.78 is 7.37. The van der Waals surface area contributed by atoms with Crippen LogP contribution in [0.1, 0.15) is 140 Å². The van der Waals surface area contributed by atoms with Gasteiger partial charge in [0.2, 0.25) is 0 Å². The molecule has 1 aliphatic heterocycles. The predicted octanol–water partition coefficient (Wildman–Crippen LogP) is 15.0. The molecule has 2 heteroatoms. The maximum atomic E-state index is 7.37. The molecule has 2 bridgehead atoms. The second-order valence-corrected chi connectivity index (χ2v) is 22.7. The van der Waals surface area contributed by atoms with Gasteiger partial charge in [0.1, 0.15) is 11.5 Å². The minimum Gasteiger partial charge on any atom is -0.457 e. The van der Waals surface area contributed by atoms with E-state index < -0.39 is 0 Å². The quantitative estimate of drug-likeness (QED) is 0.181. The summed E-state index contributed by atoms with van der Waals surface area (Å²) in [7, 11) is 0. The van der Waals surface area contributed by atoms with Gasteiger partial charge in [-0.3, -0.25) is 0 Å². The maximum absolute atomic E-state index is 7.37. The standard InChI is InChI=1S/C56H61NO/c1-51(2)24-26-53(5,6)49-40(51)19-14-21-42(49)57(43-22-15-20-41-50(43)54(7,8)27-25-52(41,3)4)37-31-38(35-16-10-9-11-17-35)48-45(32-37)58-44-23-13-12-18-39(44)56(48)46-29-34-28-36-30-47(56)55(36,46)33-34/h9-23,31-32,34,36,46-47H,24-30,33H2,1-8H3. The van der Waals surface area contributed by atoms with Gasteiger partial charge < -0.3 is 9.64 Å². The number of para-hydroxylation sites is 1. The molecule has 0 N–H and O–H groups in total. The molecule has 4 saturated carbocycles. The third-order valence-corrected chi connectivity index (χ3v) is 18.0. The van der Waals surface area contributed by atoms with Gasteiger partial charge in [-0.1, -0.05) is 128 Å². The van der Waals surface area contributed by atoms with Crippen LogP contribution in [0.25, 0.3) is 11.1 Å². The lowest BCUT2D eigenvalue weighted by Crippen LogP contribution is -2.74. The molecule has 5 aromatic rings. The zero-order valence-corrected chi connectivity index (χ0v) is 36.1. The predicted molar refractivity (Wildman–Crippen MR) is 239 cm³/mol. The lowest BCUT2D eigenvalue weighted by Gasteiger charge is -2.77. The van der Waals surface area contributed by atoms with Crippen molar-refractivity contribution in [3.63, 3.8) is 0 Å². The van der Waals surface area contributed by atoms with Gasteiger partial charge in [0.15, 0.2) is 0 Å². The monoisotopic (exact) mass is 763 g/mol. The molecule has 1 heterocycles. The van der Waals surface area contributed by atoms with Crippen LogP contribution in [-0.4, -0.2) is 0 Å². The molecule has 6 atom stereocenters. The van der Waals surface area contributed by atoms with Gasteiger partial charge in [-0.15, -0.1) is 0 Å². The first kappa shape index (κ1) is 35.6. The fourth-order valence-corrected chi connectivity index (χ4v) is 15.4. The van der Waals surface area contributed by atoms with Gasteiger partial charge in [-0.25, -0.2) is 0 Å². The molecule has 0 radical (unpaired) electrons. The van der Waals surface area contributed by atoms with Crippen molar-refractivity contribution in [2.45, 2.75) is 134 Å². The van der Waals surface area contributed by atoms with Crippen molar-refractivity contribution in [1.29, 1.82) is 0 Å². The van der Waals surface area contributed by atoms with Gasteiger partial charge in [0.05, 0.1) is 17.1 Å². The first-order valence-electron chi connectivity index (χ1n) is 22.8. The minimum atomic E-state index is -0.0137. The Morgan fingerprint density at radius 3 is 1.72 bits per heavy atom. The van der Waals surface area contributed by atoms with Crippen molar-refractivity contribution in [3.05, 3.63) is 137 Å². The van der Waals surface area contributed by atoms with Crippen LogP contribution >= 0.6 is 0 Å². The van der Waals surface area contributed by atoms with E-state index in [0.717, 1.165) is 36.2 Å². The third kappa shape index (κ3) is 4.30. The van der Waals surface area contributed by atoms with E-state index in [-0.39, 0.29) is 27.1 Å². The molecular formula is C56H61NO. The molecule has 5 aromatic carbocycles. The Kier molecular flexibility index (Phi) is 6.93. The topological polar surface area (TPSA) is 12.5 Å². The second-order valence-electron chi connectivity index (χ2n) is 22.7. The molecular weight excluding hydrogens is 703 g/mol. The molecule has 296 valence electrons. The summed E-state index contributed by atoms with van der Waals surface area (Å²) >= 11 is 0. The Hall–Kier alpha value is -4.30. The number of benzene rings is 5. The van der Waals surface area contributed by atoms with Crippen LogP contribution < -0.4 is 9.64 Å². The van der Waals surface area contributed by atoms with E-state index in [0.29, 0.717) is 17.3 Å². The van der Waals surface area contributed by atoms with Crippen molar-refractivity contribution in [3.8, 4) is 22.6 Å². The van der Waals surface area contributed by atoms with Gasteiger partial charge in [-0.05, 0) is 160 Å². The van der Waals surface area contributed by atoms with Crippen molar-refractivity contribution >= 4 is 17.1 Å². The smallest absolute Gasteiger partial charge is 0.134 e. The van der Waals surface area contributed by atoms with E-state index in [1.165, 1.54) is 100 Å². The molecule has 2 nitrogen and oxygen atoms in total. The van der Waals surface area contributed by atoms with E-state index in [9.17, 15) is 0 Å². The van der Waals surface area contributed by atoms with E-state index in [1.807, 2.05) is 0 Å². The number of fused-ring (bicyclic) bond motifs is 9. The van der Waals surface area contributed by atoms with Gasteiger partial charge in [-0.2, -0.15) is 0 Å². The first-order valence-corrected chi connectivity index (χ1v) is 22.8. The van der Waals surface area contributed by atoms with Crippen LogP contribution in [0.15, 0.2) is 103 Å². The van der Waals surface area contributed by atoms with Crippen molar-refractivity contribution in [2.24, 2.45) is 29.1 Å². The highest BCUT2D eigenvalue weighted by Gasteiger charge is 2.84. The van der Waals surface area contributed by atoms with E-state index >= 15 is 0 Å².